The number of anilines is 1. The second-order valence-corrected chi connectivity index (χ2v) is 5.07. The number of carbonyl (C=O) groups is 1. The van der Waals surface area contributed by atoms with Gasteiger partial charge < -0.3 is 19.9 Å². The molecule has 0 bridgehead atoms. The molecule has 0 unspecified atom stereocenters. The first-order valence-corrected chi connectivity index (χ1v) is 6.94. The Morgan fingerprint density at radius 3 is 2.81 bits per heavy atom. The van der Waals surface area contributed by atoms with Crippen molar-refractivity contribution in [1.29, 1.82) is 0 Å². The number of nitrogens with zero attached hydrogens (tertiary/aromatic N) is 1. The fourth-order valence-corrected chi connectivity index (χ4v) is 2.53. The minimum Gasteiger partial charge on any atom is -0.497 e. The number of nitrogens with one attached hydrogen (secondary N) is 2. The van der Waals surface area contributed by atoms with Crippen molar-refractivity contribution in [2.45, 2.75) is 12.8 Å². The van der Waals surface area contributed by atoms with Crippen LogP contribution in [0.1, 0.15) is 12.8 Å². The second kappa shape index (κ2) is 5.47. The van der Waals surface area contributed by atoms with E-state index in [1.807, 2.05) is 0 Å². The molecule has 1 aliphatic rings. The van der Waals surface area contributed by atoms with Crippen LogP contribution in [0, 0.1) is 0 Å². The summed E-state index contributed by atoms with van der Waals surface area (Å²) in [5.41, 5.74) is 0.753. The van der Waals surface area contributed by atoms with Crippen molar-refractivity contribution in [3.05, 3.63) is 34.6 Å². The number of hydrogen-bond acceptors (Lipinski definition) is 3. The summed E-state index contributed by atoms with van der Waals surface area (Å²) in [5, 5.41) is 3.18. The standard InChI is InChI=1S/C15H17N3O3/c1-21-10-4-5-12-11(8-10)14(19)13(9-16-12)17-15(20)18-6-2-3-7-18/h4-5,8-9H,2-3,6-7H2,1H3,(H,16,19)(H,17,20). The molecule has 2 aromatic rings. The van der Waals surface area contributed by atoms with Gasteiger partial charge in [-0.05, 0) is 31.0 Å². The lowest BCUT2D eigenvalue weighted by Crippen LogP contribution is -2.33. The number of ether oxygens (including phenoxy) is 1. The van der Waals surface area contributed by atoms with Crippen LogP contribution in [-0.2, 0) is 0 Å². The highest BCUT2D eigenvalue weighted by Gasteiger charge is 2.19. The van der Waals surface area contributed by atoms with E-state index < -0.39 is 0 Å². The summed E-state index contributed by atoms with van der Waals surface area (Å²) in [6.45, 7) is 1.48. The molecule has 6 nitrogen and oxygen atoms in total. The highest BCUT2D eigenvalue weighted by Crippen LogP contribution is 2.18. The Morgan fingerprint density at radius 2 is 2.10 bits per heavy atom. The maximum absolute atomic E-state index is 12.4. The predicted molar refractivity (Wildman–Crippen MR) is 80.9 cm³/mol. The number of amides is 2. The van der Waals surface area contributed by atoms with Crippen LogP contribution in [0.5, 0.6) is 5.75 Å². The number of aromatic amines is 1. The maximum Gasteiger partial charge on any atom is 0.321 e. The summed E-state index contributed by atoms with van der Waals surface area (Å²) in [4.78, 5) is 29.2. The van der Waals surface area contributed by atoms with E-state index in [-0.39, 0.29) is 17.1 Å². The number of rotatable bonds is 2. The van der Waals surface area contributed by atoms with Crippen LogP contribution in [0.2, 0.25) is 0 Å². The molecule has 1 fully saturated rings. The fraction of sp³-hybridized carbons (Fsp3) is 0.333. The maximum atomic E-state index is 12.4. The van der Waals surface area contributed by atoms with Crippen LogP contribution in [0.15, 0.2) is 29.2 Å². The number of benzene rings is 1. The lowest BCUT2D eigenvalue weighted by Gasteiger charge is -2.16. The zero-order chi connectivity index (χ0) is 14.8. The lowest BCUT2D eigenvalue weighted by molar-refractivity contribution is 0.222. The molecule has 1 aliphatic heterocycles. The molecule has 2 heterocycles. The van der Waals surface area contributed by atoms with Gasteiger partial charge in [0.25, 0.3) is 0 Å². The zero-order valence-corrected chi connectivity index (χ0v) is 11.8. The molecule has 1 saturated heterocycles. The van der Waals surface area contributed by atoms with Crippen molar-refractivity contribution in [2.24, 2.45) is 0 Å². The highest BCUT2D eigenvalue weighted by atomic mass is 16.5. The molecule has 0 radical (unpaired) electrons. The Labute approximate surface area is 121 Å². The van der Waals surface area contributed by atoms with Crippen molar-refractivity contribution in [1.82, 2.24) is 9.88 Å². The minimum atomic E-state index is -0.222. The van der Waals surface area contributed by atoms with Crippen molar-refractivity contribution in [2.75, 3.05) is 25.5 Å². The van der Waals surface area contributed by atoms with Gasteiger partial charge in [0, 0.05) is 24.8 Å². The molecular formula is C15H17N3O3. The summed E-state index contributed by atoms with van der Waals surface area (Å²) < 4.78 is 5.13. The molecule has 3 rings (SSSR count). The highest BCUT2D eigenvalue weighted by molar-refractivity contribution is 5.92. The van der Waals surface area contributed by atoms with Gasteiger partial charge in [-0.15, -0.1) is 0 Å². The van der Waals surface area contributed by atoms with E-state index in [2.05, 4.69) is 10.3 Å². The van der Waals surface area contributed by atoms with Crippen molar-refractivity contribution in [3.63, 3.8) is 0 Å². The predicted octanol–water partition coefficient (Wildman–Crippen LogP) is 2.16. The molecule has 6 heteroatoms. The van der Waals surface area contributed by atoms with Crippen molar-refractivity contribution in [3.8, 4) is 5.75 Å². The van der Waals surface area contributed by atoms with Crippen LogP contribution in [0.3, 0.4) is 0 Å². The Balaban J connectivity index is 1.93. The van der Waals surface area contributed by atoms with Gasteiger partial charge in [0.2, 0.25) is 5.43 Å². The third-order valence-corrected chi connectivity index (χ3v) is 3.72. The second-order valence-electron chi connectivity index (χ2n) is 5.07. The Bertz CT molecular complexity index is 733. The van der Waals surface area contributed by atoms with Crippen LogP contribution < -0.4 is 15.5 Å². The van der Waals surface area contributed by atoms with Crippen LogP contribution in [-0.4, -0.2) is 36.1 Å². The van der Waals surface area contributed by atoms with Crippen molar-refractivity contribution < 1.29 is 9.53 Å². The van der Waals surface area contributed by atoms with E-state index in [9.17, 15) is 9.59 Å². The zero-order valence-electron chi connectivity index (χ0n) is 11.8. The number of fused-ring (bicyclic) bond motifs is 1. The first-order valence-electron chi connectivity index (χ1n) is 6.94. The normalized spacial score (nSPS) is 14.4. The quantitative estimate of drug-likeness (QED) is 0.889. The van der Waals surface area contributed by atoms with Crippen molar-refractivity contribution >= 4 is 22.6 Å². The van der Waals surface area contributed by atoms with Gasteiger partial charge in [0.15, 0.2) is 0 Å². The van der Waals surface area contributed by atoms with Gasteiger partial charge in [-0.3, -0.25) is 4.79 Å². The van der Waals surface area contributed by atoms with E-state index >= 15 is 0 Å². The van der Waals surface area contributed by atoms with Gasteiger partial charge in [-0.25, -0.2) is 4.79 Å². The molecule has 1 aromatic carbocycles. The van der Waals surface area contributed by atoms with E-state index in [1.54, 1.807) is 30.2 Å². The Morgan fingerprint density at radius 1 is 1.33 bits per heavy atom. The van der Waals surface area contributed by atoms with Gasteiger partial charge in [-0.2, -0.15) is 0 Å². The van der Waals surface area contributed by atoms with E-state index in [1.165, 1.54) is 6.20 Å². The molecule has 1 aromatic heterocycles. The smallest absolute Gasteiger partial charge is 0.321 e. The van der Waals surface area contributed by atoms with Crippen LogP contribution in [0.4, 0.5) is 10.5 Å². The largest absolute Gasteiger partial charge is 0.497 e. The van der Waals surface area contributed by atoms with E-state index in [0.29, 0.717) is 16.7 Å². The van der Waals surface area contributed by atoms with Crippen LogP contribution >= 0.6 is 0 Å². The number of methoxy groups -OCH3 is 1. The molecule has 2 amide bonds. The van der Waals surface area contributed by atoms with E-state index in [0.717, 1.165) is 25.9 Å². The molecule has 0 saturated carbocycles. The summed E-state index contributed by atoms with van der Waals surface area (Å²) in [6.07, 6.45) is 3.56. The molecule has 21 heavy (non-hydrogen) atoms. The molecule has 2 N–H and O–H groups in total. The number of pyridine rings is 1. The van der Waals surface area contributed by atoms with Gasteiger partial charge in [0.05, 0.1) is 12.5 Å². The third kappa shape index (κ3) is 2.56. The number of hydrogen-bond donors (Lipinski definition) is 2. The molecule has 0 spiro atoms. The topological polar surface area (TPSA) is 74.4 Å². The van der Waals surface area contributed by atoms with E-state index in [4.69, 9.17) is 4.74 Å². The average molecular weight is 287 g/mol. The average Bonchev–Trinajstić information content (AvgIpc) is 3.04. The first kappa shape index (κ1) is 13.5. The number of carbonyl (C=O) groups excluding carboxylic acids is 1. The summed E-state index contributed by atoms with van der Waals surface area (Å²) in [6, 6.07) is 5.00. The first-order chi connectivity index (χ1) is 10.2. The third-order valence-electron chi connectivity index (χ3n) is 3.72. The summed E-state index contributed by atoms with van der Waals surface area (Å²) in [7, 11) is 1.55. The van der Waals surface area contributed by atoms with Crippen LogP contribution in [0.25, 0.3) is 10.9 Å². The van der Waals surface area contributed by atoms with Gasteiger partial charge in [0.1, 0.15) is 11.4 Å². The van der Waals surface area contributed by atoms with Gasteiger partial charge in [-0.1, -0.05) is 0 Å². The molecular weight excluding hydrogens is 270 g/mol. The molecule has 110 valence electrons. The SMILES string of the molecule is COc1ccc2[nH]cc(NC(=O)N3CCCC3)c(=O)c2c1. The number of aromatic nitrogens is 1. The number of urea groups is 1. The molecule has 0 atom stereocenters. The lowest BCUT2D eigenvalue weighted by atomic mass is 10.2. The molecule has 0 aliphatic carbocycles. The number of likely N-dealkylation sites (tertiary alicyclic amines) is 1. The Kier molecular flexibility index (Phi) is 3.51. The summed E-state index contributed by atoms with van der Waals surface area (Å²) >= 11 is 0. The fourth-order valence-electron chi connectivity index (χ4n) is 2.53. The minimum absolute atomic E-state index is 0.213. The Hall–Kier alpha value is -2.50. The number of H-pyrrole nitrogens is 1. The summed E-state index contributed by atoms with van der Waals surface area (Å²) in [5.74, 6) is 0.607. The monoisotopic (exact) mass is 287 g/mol. The van der Waals surface area contributed by atoms with Gasteiger partial charge >= 0.3 is 6.03 Å².